The fourth-order valence-corrected chi connectivity index (χ4v) is 4.70. The summed E-state index contributed by atoms with van der Waals surface area (Å²) in [5.41, 5.74) is 2.69. The fraction of sp³-hybridized carbons (Fsp3) is 0.606. The highest BCUT2D eigenvalue weighted by Gasteiger charge is 2.22. The number of non-ortho nitro benzene ring substituents is 1. The molecule has 1 aromatic carbocycles. The number of aromatic nitrogens is 1. The molecule has 7 heteroatoms. The van der Waals surface area contributed by atoms with Gasteiger partial charge < -0.3 is 14.0 Å². The third kappa shape index (κ3) is 10.8. The van der Waals surface area contributed by atoms with Crippen molar-refractivity contribution >= 4 is 16.6 Å². The summed E-state index contributed by atoms with van der Waals surface area (Å²) in [4.78, 5) is 25.0. The summed E-state index contributed by atoms with van der Waals surface area (Å²) in [5.74, 6) is 0.581. The average molecular weight is 555 g/mol. The molecule has 1 aromatic heterocycles. The number of ether oxygens (including phenoxy) is 2. The second-order valence-corrected chi connectivity index (χ2v) is 10.9. The van der Waals surface area contributed by atoms with E-state index in [-0.39, 0.29) is 23.6 Å². The summed E-state index contributed by atoms with van der Waals surface area (Å²) in [6.07, 6.45) is 16.8. The van der Waals surface area contributed by atoms with Gasteiger partial charge in [-0.05, 0) is 58.6 Å². The number of hydrogen-bond donors (Lipinski definition) is 0. The van der Waals surface area contributed by atoms with Crippen molar-refractivity contribution < 1.29 is 14.4 Å². The third-order valence-corrected chi connectivity index (χ3v) is 7.10. The predicted octanol–water partition coefficient (Wildman–Crippen LogP) is 9.30. The molecular formula is C33H50N2O5. The third-order valence-electron chi connectivity index (χ3n) is 7.10. The molecule has 0 saturated heterocycles. The van der Waals surface area contributed by atoms with E-state index in [9.17, 15) is 14.9 Å². The Bertz CT molecular complexity index is 1190. The van der Waals surface area contributed by atoms with E-state index >= 15 is 0 Å². The molecule has 40 heavy (non-hydrogen) atoms. The Hall–Kier alpha value is -3.09. The Balaban J connectivity index is 2.44. The van der Waals surface area contributed by atoms with Crippen LogP contribution in [-0.2, 0) is 6.54 Å². The van der Waals surface area contributed by atoms with Gasteiger partial charge in [0.1, 0.15) is 6.61 Å². The lowest BCUT2D eigenvalue weighted by molar-refractivity contribution is -0.384. The number of unbranched alkanes of at least 4 members (excludes halogenated alkanes) is 8. The molecule has 0 saturated carbocycles. The van der Waals surface area contributed by atoms with E-state index in [4.69, 9.17) is 9.47 Å². The summed E-state index contributed by atoms with van der Waals surface area (Å²) in [5, 5.41) is 12.3. The molecular weight excluding hydrogens is 504 g/mol. The van der Waals surface area contributed by atoms with E-state index in [1.165, 1.54) is 42.5 Å². The quantitative estimate of drug-likeness (QED) is 0.0705. The van der Waals surface area contributed by atoms with Crippen LogP contribution in [0, 0.1) is 10.1 Å². The lowest BCUT2D eigenvalue weighted by Gasteiger charge is -2.18. The van der Waals surface area contributed by atoms with E-state index in [1.54, 1.807) is 10.6 Å². The van der Waals surface area contributed by atoms with E-state index in [2.05, 4.69) is 40.7 Å². The van der Waals surface area contributed by atoms with E-state index in [0.29, 0.717) is 29.8 Å². The molecule has 2 rings (SSSR count). The standard InChI is InChI=1S/C33H50N2O5/c1-6-8-10-12-13-14-22-34-30-25-28(35(37)38)19-20-29(30)31(39-23-15-11-9-7-2)32(33(34)36)40-24-21-27(5)18-16-17-26(3)4/h17,19-21,25H,6-16,18,22-24H2,1-5H3/b27-21+. The van der Waals surface area contributed by atoms with Gasteiger partial charge in [-0.1, -0.05) is 82.4 Å². The zero-order chi connectivity index (χ0) is 29.3. The first-order valence-corrected chi connectivity index (χ1v) is 15.2. The smallest absolute Gasteiger partial charge is 0.297 e. The lowest BCUT2D eigenvalue weighted by atomic mass is 10.1. The molecule has 0 spiro atoms. The maximum absolute atomic E-state index is 13.9. The van der Waals surface area contributed by atoms with Crippen molar-refractivity contribution in [3.8, 4) is 11.5 Å². The number of nitro benzene ring substituents is 1. The number of rotatable bonds is 20. The van der Waals surface area contributed by atoms with Gasteiger partial charge in [-0.3, -0.25) is 14.9 Å². The first-order chi connectivity index (χ1) is 19.3. The maximum atomic E-state index is 13.9. The summed E-state index contributed by atoms with van der Waals surface area (Å²) >= 11 is 0. The predicted molar refractivity (Wildman–Crippen MR) is 166 cm³/mol. The molecule has 1 heterocycles. The number of aryl methyl sites for hydroxylation is 1. The Morgan fingerprint density at radius 3 is 2.25 bits per heavy atom. The van der Waals surface area contributed by atoms with Crippen LogP contribution in [0.5, 0.6) is 11.5 Å². The summed E-state index contributed by atoms with van der Waals surface area (Å²) < 4.78 is 14.0. The molecule has 0 amide bonds. The van der Waals surface area contributed by atoms with Crippen LogP contribution in [0.3, 0.4) is 0 Å². The van der Waals surface area contributed by atoms with Crippen molar-refractivity contribution in [3.05, 3.63) is 62.0 Å². The van der Waals surface area contributed by atoms with Gasteiger partial charge in [-0.2, -0.15) is 0 Å². The molecule has 2 aromatic rings. The molecule has 0 bridgehead atoms. The van der Waals surface area contributed by atoms with Crippen molar-refractivity contribution in [2.24, 2.45) is 0 Å². The summed E-state index contributed by atoms with van der Waals surface area (Å²) in [6, 6.07) is 4.66. The normalized spacial score (nSPS) is 11.6. The number of pyridine rings is 1. The highest BCUT2D eigenvalue weighted by atomic mass is 16.6. The van der Waals surface area contributed by atoms with Crippen molar-refractivity contribution in [1.82, 2.24) is 4.57 Å². The van der Waals surface area contributed by atoms with Gasteiger partial charge in [0, 0.05) is 24.1 Å². The van der Waals surface area contributed by atoms with Gasteiger partial charge in [-0.15, -0.1) is 0 Å². The molecule has 222 valence electrons. The van der Waals surface area contributed by atoms with Gasteiger partial charge in [0.25, 0.3) is 11.2 Å². The van der Waals surface area contributed by atoms with Gasteiger partial charge in [0.15, 0.2) is 5.75 Å². The molecule has 0 unspecified atom stereocenters. The largest absolute Gasteiger partial charge is 0.489 e. The second-order valence-electron chi connectivity index (χ2n) is 10.9. The van der Waals surface area contributed by atoms with E-state index in [0.717, 1.165) is 57.8 Å². The number of hydrogen-bond acceptors (Lipinski definition) is 5. The van der Waals surface area contributed by atoms with Crippen LogP contribution >= 0.6 is 0 Å². The van der Waals surface area contributed by atoms with Crippen LogP contribution in [-0.4, -0.2) is 22.7 Å². The van der Waals surface area contributed by atoms with Crippen molar-refractivity contribution in [3.63, 3.8) is 0 Å². The average Bonchev–Trinajstić information content (AvgIpc) is 2.92. The van der Waals surface area contributed by atoms with Crippen LogP contribution in [0.2, 0.25) is 0 Å². The van der Waals surface area contributed by atoms with Crippen LogP contribution in [0.4, 0.5) is 5.69 Å². The minimum atomic E-state index is -0.419. The number of nitro groups is 1. The zero-order valence-corrected chi connectivity index (χ0v) is 25.4. The van der Waals surface area contributed by atoms with Gasteiger partial charge in [0.2, 0.25) is 5.75 Å². The van der Waals surface area contributed by atoms with Crippen LogP contribution < -0.4 is 15.0 Å². The van der Waals surface area contributed by atoms with Crippen LogP contribution in [0.25, 0.3) is 10.9 Å². The Morgan fingerprint density at radius 2 is 1.57 bits per heavy atom. The monoisotopic (exact) mass is 554 g/mol. The number of fused-ring (bicyclic) bond motifs is 1. The summed E-state index contributed by atoms with van der Waals surface area (Å²) in [7, 11) is 0. The topological polar surface area (TPSA) is 83.6 Å². The number of allylic oxidation sites excluding steroid dienone is 3. The maximum Gasteiger partial charge on any atom is 0.297 e. The first kappa shape index (κ1) is 33.1. The molecule has 0 aliphatic rings. The highest BCUT2D eigenvalue weighted by molar-refractivity contribution is 5.89. The Morgan fingerprint density at radius 1 is 0.900 bits per heavy atom. The zero-order valence-electron chi connectivity index (χ0n) is 25.4. The van der Waals surface area contributed by atoms with Crippen molar-refractivity contribution in [1.29, 1.82) is 0 Å². The molecule has 0 atom stereocenters. The lowest BCUT2D eigenvalue weighted by Crippen LogP contribution is -2.24. The number of nitrogens with zero attached hydrogens (tertiary/aromatic N) is 2. The van der Waals surface area contributed by atoms with E-state index < -0.39 is 4.92 Å². The van der Waals surface area contributed by atoms with Crippen LogP contribution in [0.1, 0.15) is 112 Å². The SMILES string of the molecule is CCCCCCCCn1c(=O)c(OC/C=C(\C)CCC=C(C)C)c(OCCCCCC)c2ccc([N+](=O)[O-])cc21. The molecule has 0 fully saturated rings. The molecule has 0 aliphatic heterocycles. The molecule has 0 aliphatic carbocycles. The van der Waals surface area contributed by atoms with E-state index in [1.807, 2.05) is 6.08 Å². The molecule has 7 nitrogen and oxygen atoms in total. The second kappa shape index (κ2) is 18.3. The first-order valence-electron chi connectivity index (χ1n) is 15.2. The van der Waals surface area contributed by atoms with Gasteiger partial charge in [0.05, 0.1) is 17.0 Å². The molecule has 0 N–H and O–H groups in total. The minimum Gasteiger partial charge on any atom is -0.489 e. The van der Waals surface area contributed by atoms with Crippen LogP contribution in [0.15, 0.2) is 46.3 Å². The Kier molecular flexibility index (Phi) is 15.1. The summed E-state index contributed by atoms with van der Waals surface area (Å²) in [6.45, 7) is 11.8. The Labute approximate surface area is 240 Å². The minimum absolute atomic E-state index is 0.0407. The van der Waals surface area contributed by atoms with Gasteiger partial charge >= 0.3 is 0 Å². The highest BCUT2D eigenvalue weighted by Crippen LogP contribution is 2.35. The van der Waals surface area contributed by atoms with Gasteiger partial charge in [-0.25, -0.2) is 0 Å². The van der Waals surface area contributed by atoms with Crippen molar-refractivity contribution in [2.75, 3.05) is 13.2 Å². The van der Waals surface area contributed by atoms with Crippen molar-refractivity contribution in [2.45, 2.75) is 118 Å². The number of benzene rings is 1. The molecule has 0 radical (unpaired) electrons. The fourth-order valence-electron chi connectivity index (χ4n) is 4.70.